The molecule has 1 aromatic carbocycles. The van der Waals surface area contributed by atoms with Gasteiger partial charge in [0.05, 0.1) is 6.61 Å². The van der Waals surface area contributed by atoms with Gasteiger partial charge < -0.3 is 14.9 Å². The minimum absolute atomic E-state index is 0. The van der Waals surface area contributed by atoms with E-state index in [1.165, 1.54) is 0 Å². The summed E-state index contributed by atoms with van der Waals surface area (Å²) in [7, 11) is 0. The van der Waals surface area contributed by atoms with Crippen LogP contribution in [0, 0.1) is 20.8 Å². The van der Waals surface area contributed by atoms with Gasteiger partial charge in [0.25, 0.3) is 0 Å². The maximum absolute atomic E-state index is 11.7. The van der Waals surface area contributed by atoms with Crippen LogP contribution in [0.1, 0.15) is 43.9 Å². The van der Waals surface area contributed by atoms with Gasteiger partial charge in [-0.3, -0.25) is 0 Å². The molecule has 1 aromatic heterocycles. The van der Waals surface area contributed by atoms with Gasteiger partial charge in [-0.2, -0.15) is 0 Å². The fourth-order valence-electron chi connectivity index (χ4n) is 1.99. The van der Waals surface area contributed by atoms with Gasteiger partial charge in [-0.1, -0.05) is 20.8 Å². The third-order valence-corrected chi connectivity index (χ3v) is 3.29. The maximum Gasteiger partial charge on any atom is 0.339 e. The van der Waals surface area contributed by atoms with Crippen molar-refractivity contribution >= 4 is 23.4 Å². The van der Waals surface area contributed by atoms with E-state index in [4.69, 9.17) is 14.9 Å². The number of halogens is 1. The van der Waals surface area contributed by atoms with Crippen LogP contribution in [0.3, 0.4) is 0 Å². The average Bonchev–Trinajstić information content (AvgIpc) is 2.44. The molecule has 2 aromatic rings. The van der Waals surface area contributed by atoms with E-state index in [9.17, 15) is 4.79 Å². The van der Waals surface area contributed by atoms with Crippen molar-refractivity contribution in [1.82, 2.24) is 0 Å². The quantitative estimate of drug-likeness (QED) is 0.846. The fraction of sp³-hybridized carbons (Fsp3) is 0.500. The second kappa shape index (κ2) is 9.58. The normalized spacial score (nSPS) is 10.1. The van der Waals surface area contributed by atoms with Crippen molar-refractivity contribution in [3.05, 3.63) is 39.2 Å². The molecule has 2 N–H and O–H groups in total. The van der Waals surface area contributed by atoms with Crippen molar-refractivity contribution < 1.29 is 9.15 Å². The number of aryl methyl sites for hydroxylation is 2. The maximum atomic E-state index is 11.7. The summed E-state index contributed by atoms with van der Waals surface area (Å²) >= 11 is 0. The lowest BCUT2D eigenvalue weighted by molar-refractivity contribution is 0.315. The minimum Gasteiger partial charge on any atom is -0.493 e. The van der Waals surface area contributed by atoms with Gasteiger partial charge in [0.15, 0.2) is 0 Å². The van der Waals surface area contributed by atoms with E-state index < -0.39 is 0 Å². The number of fused-ring (bicyclic) bond motifs is 1. The van der Waals surface area contributed by atoms with E-state index in [0.29, 0.717) is 23.8 Å². The highest BCUT2D eigenvalue weighted by atomic mass is 35.5. The highest BCUT2D eigenvalue weighted by molar-refractivity contribution is 5.85. The highest BCUT2D eigenvalue weighted by Gasteiger charge is 2.12. The first-order valence-electron chi connectivity index (χ1n) is 7.71. The van der Waals surface area contributed by atoms with E-state index in [1.807, 2.05) is 39.8 Å². The number of rotatable bonds is 3. The molecule has 0 unspecified atom stereocenters. The van der Waals surface area contributed by atoms with Crippen LogP contribution < -0.4 is 16.1 Å². The molecule has 0 fully saturated rings. The van der Waals surface area contributed by atoms with Gasteiger partial charge >= 0.3 is 5.63 Å². The molecule has 23 heavy (non-hydrogen) atoms. The molecular weight excluding hydrogens is 314 g/mol. The second-order valence-corrected chi connectivity index (χ2v) is 5.80. The summed E-state index contributed by atoms with van der Waals surface area (Å²) in [4.78, 5) is 11.7. The molecule has 0 amide bonds. The van der Waals surface area contributed by atoms with Crippen molar-refractivity contribution in [2.75, 3.05) is 6.61 Å². The van der Waals surface area contributed by atoms with E-state index in [1.54, 1.807) is 6.92 Å². The summed E-state index contributed by atoms with van der Waals surface area (Å²) in [5.74, 6) is 0.788. The van der Waals surface area contributed by atoms with E-state index in [-0.39, 0.29) is 18.0 Å². The molecule has 0 saturated heterocycles. The van der Waals surface area contributed by atoms with Crippen LogP contribution >= 0.6 is 12.4 Å². The van der Waals surface area contributed by atoms with E-state index in [0.717, 1.165) is 28.7 Å². The fourth-order valence-corrected chi connectivity index (χ4v) is 1.99. The predicted octanol–water partition coefficient (Wildman–Crippen LogP) is 4.28. The SMILES string of the molecule is CC(C)N.CCCOc1ccc2c(C)c(C)c(=O)oc2c1C.Cl. The van der Waals surface area contributed by atoms with Crippen LogP contribution in [0.5, 0.6) is 5.75 Å². The third kappa shape index (κ3) is 5.56. The summed E-state index contributed by atoms with van der Waals surface area (Å²) in [6.45, 7) is 12.3. The Balaban J connectivity index is 0.000000871. The Morgan fingerprint density at radius 1 is 1.13 bits per heavy atom. The van der Waals surface area contributed by atoms with Gasteiger partial charge in [-0.25, -0.2) is 4.79 Å². The first-order chi connectivity index (χ1) is 10.3. The van der Waals surface area contributed by atoms with Crippen molar-refractivity contribution in [3.8, 4) is 5.75 Å². The summed E-state index contributed by atoms with van der Waals surface area (Å²) in [5.41, 5.74) is 8.02. The molecular formula is C18H28ClNO3. The average molecular weight is 342 g/mol. The summed E-state index contributed by atoms with van der Waals surface area (Å²) < 4.78 is 11.0. The van der Waals surface area contributed by atoms with Gasteiger partial charge in [-0.15, -0.1) is 12.4 Å². The van der Waals surface area contributed by atoms with Crippen molar-refractivity contribution in [2.45, 2.75) is 54.0 Å². The molecule has 5 heteroatoms. The van der Waals surface area contributed by atoms with Crippen molar-refractivity contribution in [2.24, 2.45) is 5.73 Å². The van der Waals surface area contributed by atoms with Crippen molar-refractivity contribution in [1.29, 1.82) is 0 Å². The zero-order chi connectivity index (χ0) is 16.9. The van der Waals surface area contributed by atoms with E-state index >= 15 is 0 Å². The van der Waals surface area contributed by atoms with Crippen LogP contribution in [-0.4, -0.2) is 12.6 Å². The molecule has 0 aliphatic rings. The molecule has 1 heterocycles. The highest BCUT2D eigenvalue weighted by Crippen LogP contribution is 2.29. The van der Waals surface area contributed by atoms with Gasteiger partial charge in [0.1, 0.15) is 11.3 Å². The Bertz CT molecular complexity index is 690. The van der Waals surface area contributed by atoms with Crippen LogP contribution in [0.25, 0.3) is 11.0 Å². The molecule has 0 aliphatic heterocycles. The lowest BCUT2D eigenvalue weighted by Crippen LogP contribution is -2.07. The number of hydrogen-bond acceptors (Lipinski definition) is 4. The monoisotopic (exact) mass is 341 g/mol. The lowest BCUT2D eigenvalue weighted by Gasteiger charge is -2.11. The van der Waals surface area contributed by atoms with Crippen LogP contribution in [0.15, 0.2) is 21.3 Å². The number of nitrogens with two attached hydrogens (primary N) is 1. The zero-order valence-electron chi connectivity index (χ0n) is 14.9. The molecule has 0 saturated carbocycles. The largest absolute Gasteiger partial charge is 0.493 e. The molecule has 0 atom stereocenters. The number of hydrogen-bond donors (Lipinski definition) is 1. The Labute approximate surface area is 144 Å². The van der Waals surface area contributed by atoms with Crippen LogP contribution in [0.4, 0.5) is 0 Å². The molecule has 130 valence electrons. The zero-order valence-corrected chi connectivity index (χ0v) is 15.7. The van der Waals surface area contributed by atoms with Crippen LogP contribution in [0.2, 0.25) is 0 Å². The Hall–Kier alpha value is -1.52. The van der Waals surface area contributed by atoms with Crippen molar-refractivity contribution in [3.63, 3.8) is 0 Å². The summed E-state index contributed by atoms with van der Waals surface area (Å²) in [5, 5.41) is 0.980. The molecule has 2 rings (SSSR count). The van der Waals surface area contributed by atoms with Gasteiger partial charge in [0, 0.05) is 16.5 Å². The summed E-state index contributed by atoms with van der Waals surface area (Å²) in [6, 6.07) is 4.23. The predicted molar refractivity (Wildman–Crippen MR) is 99.1 cm³/mol. The molecule has 0 bridgehead atoms. The first kappa shape index (κ1) is 21.5. The van der Waals surface area contributed by atoms with E-state index in [2.05, 4.69) is 6.92 Å². The molecule has 0 radical (unpaired) electrons. The Morgan fingerprint density at radius 3 is 2.22 bits per heavy atom. The smallest absolute Gasteiger partial charge is 0.339 e. The topological polar surface area (TPSA) is 65.5 Å². The standard InChI is InChI=1S/C15H18O3.C3H9N.ClH/c1-5-8-17-13-7-6-12-9(2)10(3)15(16)18-14(12)11(13)4;1-3(2)4;/h6-7H,5,8H2,1-4H3;3H,4H2,1-2H3;1H. The Morgan fingerprint density at radius 2 is 1.70 bits per heavy atom. The lowest BCUT2D eigenvalue weighted by atomic mass is 10.0. The minimum atomic E-state index is -0.268. The Kier molecular flexibility index (Phi) is 8.95. The number of ether oxygens (including phenoxy) is 1. The van der Waals surface area contributed by atoms with Gasteiger partial charge in [0.2, 0.25) is 0 Å². The second-order valence-electron chi connectivity index (χ2n) is 5.80. The van der Waals surface area contributed by atoms with Gasteiger partial charge in [-0.05, 0) is 50.9 Å². The molecule has 4 nitrogen and oxygen atoms in total. The van der Waals surface area contributed by atoms with Crippen LogP contribution in [-0.2, 0) is 0 Å². The summed E-state index contributed by atoms with van der Waals surface area (Å²) in [6.07, 6.45) is 0.953. The molecule has 0 spiro atoms. The molecule has 0 aliphatic carbocycles. The third-order valence-electron chi connectivity index (χ3n) is 3.29. The number of benzene rings is 1. The first-order valence-corrected chi connectivity index (χ1v) is 7.71.